The molecule has 2 aromatic rings. The first-order chi connectivity index (χ1) is 9.01. The van der Waals surface area contributed by atoms with Gasteiger partial charge in [-0.2, -0.15) is 4.98 Å². The zero-order valence-electron chi connectivity index (χ0n) is 11.9. The van der Waals surface area contributed by atoms with Gasteiger partial charge in [-0.15, -0.1) is 11.3 Å². The van der Waals surface area contributed by atoms with Gasteiger partial charge in [-0.25, -0.2) is 10.8 Å². The van der Waals surface area contributed by atoms with E-state index in [1.165, 1.54) is 4.88 Å². The Balaban J connectivity index is 2.39. The van der Waals surface area contributed by atoms with E-state index in [9.17, 15) is 0 Å². The summed E-state index contributed by atoms with van der Waals surface area (Å²) in [5.41, 5.74) is 2.55. The van der Waals surface area contributed by atoms with Gasteiger partial charge in [-0.05, 0) is 25.3 Å². The first kappa shape index (κ1) is 14.0. The van der Waals surface area contributed by atoms with E-state index in [2.05, 4.69) is 54.2 Å². The number of fused-ring (bicyclic) bond motifs is 1. The molecule has 0 radical (unpaired) electrons. The van der Waals surface area contributed by atoms with Crippen LogP contribution in [0.4, 0.5) is 11.8 Å². The molecule has 19 heavy (non-hydrogen) atoms. The number of rotatable bonds is 5. The average molecular weight is 279 g/mol. The smallest absolute Gasteiger partial charge is 0.240 e. The van der Waals surface area contributed by atoms with E-state index in [0.717, 1.165) is 29.0 Å². The van der Waals surface area contributed by atoms with Crippen LogP contribution < -0.4 is 16.2 Å². The summed E-state index contributed by atoms with van der Waals surface area (Å²) >= 11 is 1.66. The highest BCUT2D eigenvalue weighted by molar-refractivity contribution is 7.18. The number of hydrogen-bond donors (Lipinski definition) is 2. The van der Waals surface area contributed by atoms with Crippen LogP contribution in [-0.2, 0) is 0 Å². The lowest BCUT2D eigenvalue weighted by Crippen LogP contribution is -2.22. The van der Waals surface area contributed by atoms with Gasteiger partial charge in [0.05, 0.1) is 5.39 Å². The Morgan fingerprint density at radius 3 is 2.79 bits per heavy atom. The molecule has 0 fully saturated rings. The Morgan fingerprint density at radius 2 is 2.16 bits per heavy atom. The minimum atomic E-state index is 0.473. The summed E-state index contributed by atoms with van der Waals surface area (Å²) in [4.78, 5) is 13.3. The molecule has 0 spiro atoms. The summed E-state index contributed by atoms with van der Waals surface area (Å²) in [6.07, 6.45) is 1.14. The molecule has 0 aliphatic carbocycles. The van der Waals surface area contributed by atoms with E-state index in [4.69, 9.17) is 5.84 Å². The topological polar surface area (TPSA) is 67.1 Å². The van der Waals surface area contributed by atoms with Crippen LogP contribution in [0.1, 0.15) is 25.1 Å². The molecule has 2 heterocycles. The molecular weight excluding hydrogens is 258 g/mol. The standard InChI is InChI=1S/C13H21N5S/c1-8(2)5-6-18(4)11-10-7-9(3)19-12(10)16-13(15-11)17-14/h7-8H,5-6,14H2,1-4H3,(H,15,16,17). The molecule has 0 aliphatic rings. The summed E-state index contributed by atoms with van der Waals surface area (Å²) in [6.45, 7) is 7.51. The van der Waals surface area contributed by atoms with Crippen molar-refractivity contribution in [2.24, 2.45) is 11.8 Å². The summed E-state index contributed by atoms with van der Waals surface area (Å²) in [5.74, 6) is 7.55. The predicted molar refractivity (Wildman–Crippen MR) is 82.7 cm³/mol. The Kier molecular flexibility index (Phi) is 4.21. The summed E-state index contributed by atoms with van der Waals surface area (Å²) in [7, 11) is 2.07. The minimum Gasteiger partial charge on any atom is -0.359 e. The minimum absolute atomic E-state index is 0.473. The van der Waals surface area contributed by atoms with Crippen molar-refractivity contribution in [2.45, 2.75) is 27.2 Å². The second-order valence-electron chi connectivity index (χ2n) is 5.20. The molecule has 2 aromatic heterocycles. The summed E-state index contributed by atoms with van der Waals surface area (Å²) < 4.78 is 0. The number of anilines is 2. The van der Waals surface area contributed by atoms with E-state index in [-0.39, 0.29) is 0 Å². The second-order valence-corrected chi connectivity index (χ2v) is 6.43. The van der Waals surface area contributed by atoms with Crippen LogP contribution in [0.5, 0.6) is 0 Å². The second kappa shape index (κ2) is 5.71. The SMILES string of the molecule is Cc1cc2c(N(C)CCC(C)C)nc(NN)nc2s1. The van der Waals surface area contributed by atoms with Crippen molar-refractivity contribution in [3.05, 3.63) is 10.9 Å². The number of aryl methyl sites for hydroxylation is 1. The normalized spacial score (nSPS) is 11.3. The molecular formula is C13H21N5S. The van der Waals surface area contributed by atoms with Gasteiger partial charge in [-0.3, -0.25) is 5.43 Å². The Hall–Kier alpha value is -1.40. The van der Waals surface area contributed by atoms with Crippen molar-refractivity contribution < 1.29 is 0 Å². The third-order valence-electron chi connectivity index (χ3n) is 3.03. The number of nitrogens with zero attached hydrogens (tertiary/aromatic N) is 3. The lowest BCUT2D eigenvalue weighted by Gasteiger charge is -2.20. The quantitative estimate of drug-likeness (QED) is 0.650. The first-order valence-corrected chi connectivity index (χ1v) is 7.29. The molecule has 0 aromatic carbocycles. The van der Waals surface area contributed by atoms with Crippen LogP contribution in [0.15, 0.2) is 6.07 Å². The number of nitrogen functional groups attached to an aromatic ring is 1. The van der Waals surface area contributed by atoms with E-state index in [1.807, 2.05) is 0 Å². The predicted octanol–water partition coefficient (Wildman–Crippen LogP) is 2.77. The van der Waals surface area contributed by atoms with Gasteiger partial charge in [0.15, 0.2) is 0 Å². The highest BCUT2D eigenvalue weighted by Gasteiger charge is 2.13. The molecule has 0 atom stereocenters. The van der Waals surface area contributed by atoms with Crippen LogP contribution in [0.3, 0.4) is 0 Å². The van der Waals surface area contributed by atoms with Crippen molar-refractivity contribution in [3.63, 3.8) is 0 Å². The van der Waals surface area contributed by atoms with E-state index in [0.29, 0.717) is 11.9 Å². The molecule has 0 unspecified atom stereocenters. The van der Waals surface area contributed by atoms with Crippen molar-refractivity contribution >= 4 is 33.3 Å². The van der Waals surface area contributed by atoms with Crippen LogP contribution >= 0.6 is 11.3 Å². The van der Waals surface area contributed by atoms with Gasteiger partial charge in [0.2, 0.25) is 5.95 Å². The van der Waals surface area contributed by atoms with Gasteiger partial charge in [-0.1, -0.05) is 13.8 Å². The number of aromatic nitrogens is 2. The molecule has 6 heteroatoms. The third-order valence-corrected chi connectivity index (χ3v) is 3.97. The van der Waals surface area contributed by atoms with Gasteiger partial charge < -0.3 is 4.90 Å². The maximum absolute atomic E-state index is 5.45. The molecule has 0 saturated carbocycles. The highest BCUT2D eigenvalue weighted by atomic mass is 32.1. The first-order valence-electron chi connectivity index (χ1n) is 6.47. The molecule has 104 valence electrons. The molecule has 3 N–H and O–H groups in total. The largest absolute Gasteiger partial charge is 0.359 e. The number of hydrogen-bond acceptors (Lipinski definition) is 6. The highest BCUT2D eigenvalue weighted by Crippen LogP contribution is 2.31. The Morgan fingerprint density at radius 1 is 1.42 bits per heavy atom. The van der Waals surface area contributed by atoms with Crippen molar-refractivity contribution in [2.75, 3.05) is 23.9 Å². The average Bonchev–Trinajstić information content (AvgIpc) is 2.74. The number of hydrazine groups is 1. The monoisotopic (exact) mass is 279 g/mol. The van der Waals surface area contributed by atoms with Gasteiger partial charge >= 0.3 is 0 Å². The molecule has 0 saturated heterocycles. The maximum atomic E-state index is 5.45. The molecule has 0 bridgehead atoms. The molecule has 5 nitrogen and oxygen atoms in total. The molecule has 0 amide bonds. The van der Waals surface area contributed by atoms with Gasteiger partial charge in [0.1, 0.15) is 10.6 Å². The van der Waals surface area contributed by atoms with Gasteiger partial charge in [0.25, 0.3) is 0 Å². The van der Waals surface area contributed by atoms with Gasteiger partial charge in [0, 0.05) is 18.5 Å². The van der Waals surface area contributed by atoms with Crippen LogP contribution in [0.25, 0.3) is 10.2 Å². The fourth-order valence-corrected chi connectivity index (χ4v) is 2.81. The van der Waals surface area contributed by atoms with E-state index >= 15 is 0 Å². The summed E-state index contributed by atoms with van der Waals surface area (Å²) in [6, 6.07) is 2.14. The fraction of sp³-hybridized carbons (Fsp3) is 0.538. The van der Waals surface area contributed by atoms with Crippen molar-refractivity contribution in [1.29, 1.82) is 0 Å². The van der Waals surface area contributed by atoms with Crippen LogP contribution in [0.2, 0.25) is 0 Å². The lowest BCUT2D eigenvalue weighted by atomic mass is 10.1. The number of nitrogens with two attached hydrogens (primary N) is 1. The lowest BCUT2D eigenvalue weighted by molar-refractivity contribution is 0.584. The third kappa shape index (κ3) is 3.13. The Labute approximate surface area is 117 Å². The summed E-state index contributed by atoms with van der Waals surface area (Å²) in [5, 5.41) is 1.10. The van der Waals surface area contributed by atoms with E-state index < -0.39 is 0 Å². The Bertz CT molecular complexity index is 563. The van der Waals surface area contributed by atoms with Crippen LogP contribution in [0, 0.1) is 12.8 Å². The van der Waals surface area contributed by atoms with Crippen molar-refractivity contribution in [3.8, 4) is 0 Å². The zero-order chi connectivity index (χ0) is 14.0. The fourth-order valence-electron chi connectivity index (χ4n) is 1.94. The zero-order valence-corrected chi connectivity index (χ0v) is 12.7. The maximum Gasteiger partial charge on any atom is 0.240 e. The number of thiophene rings is 1. The number of nitrogens with one attached hydrogen (secondary N) is 1. The van der Waals surface area contributed by atoms with Crippen molar-refractivity contribution in [1.82, 2.24) is 9.97 Å². The molecule has 2 rings (SSSR count). The van der Waals surface area contributed by atoms with E-state index in [1.54, 1.807) is 11.3 Å². The molecule has 0 aliphatic heterocycles. The van der Waals surface area contributed by atoms with Crippen LogP contribution in [-0.4, -0.2) is 23.6 Å².